The molecule has 42 heavy (non-hydrogen) atoms. The number of rotatable bonds is 12. The third-order valence-corrected chi connectivity index (χ3v) is 7.35. The number of aliphatic carboxylic acids is 2. The molecule has 0 unspecified atom stereocenters. The Hall–Kier alpha value is -3.57. The molecule has 1 aromatic rings. The lowest BCUT2D eigenvalue weighted by atomic mass is 9.78. The summed E-state index contributed by atoms with van der Waals surface area (Å²) >= 11 is 0. The summed E-state index contributed by atoms with van der Waals surface area (Å²) in [4.78, 5) is 66.7. The Morgan fingerprint density at radius 3 is 1.79 bits per heavy atom. The molecule has 2 aliphatic rings. The summed E-state index contributed by atoms with van der Waals surface area (Å²) in [5, 5.41) is 42.6. The van der Waals surface area contributed by atoms with Crippen molar-refractivity contribution < 1.29 is 44.2 Å². The highest BCUT2D eigenvalue weighted by molar-refractivity contribution is 6.43. The van der Waals surface area contributed by atoms with Gasteiger partial charge in [-0.1, -0.05) is 12.1 Å². The van der Waals surface area contributed by atoms with Crippen molar-refractivity contribution in [2.75, 3.05) is 72.0 Å². The molecule has 2 aliphatic heterocycles. The van der Waals surface area contributed by atoms with Crippen molar-refractivity contribution in [3.8, 4) is 0 Å². The van der Waals surface area contributed by atoms with Gasteiger partial charge in [0.1, 0.15) is 0 Å². The Morgan fingerprint density at radius 2 is 1.29 bits per heavy atom. The van der Waals surface area contributed by atoms with Gasteiger partial charge in [-0.3, -0.25) is 38.7 Å². The van der Waals surface area contributed by atoms with E-state index in [-0.39, 0.29) is 38.6 Å². The number of hydrogen-bond donors (Lipinski definition) is 6. The molecule has 6 N–H and O–H groups in total. The number of carboxylic acid groups (broad SMARTS) is 2. The summed E-state index contributed by atoms with van der Waals surface area (Å²) in [5.41, 5.74) is 1.07. The molecule has 2 saturated heterocycles. The molecule has 0 spiro atoms. The number of carbonyl (C=O) groups excluding carboxylic acids is 3. The molecule has 1 aromatic carbocycles. The van der Waals surface area contributed by atoms with Crippen LogP contribution in [0.4, 0.5) is 0 Å². The first kappa shape index (κ1) is 32.9. The van der Waals surface area contributed by atoms with E-state index in [9.17, 15) is 44.2 Å². The highest BCUT2D eigenvalue weighted by Gasteiger charge is 2.36. The third kappa shape index (κ3) is 10.7. The first-order valence-corrected chi connectivity index (χ1v) is 13.9. The summed E-state index contributed by atoms with van der Waals surface area (Å²) < 4.78 is 0. The Morgan fingerprint density at radius 1 is 0.762 bits per heavy atom. The van der Waals surface area contributed by atoms with Crippen LogP contribution in [-0.4, -0.2) is 155 Å². The van der Waals surface area contributed by atoms with Gasteiger partial charge in [-0.25, -0.2) is 0 Å². The maximum atomic E-state index is 12.7. The standard InChI is InChI=1S/C26H39BN6O9/c34-22(16-30-8-10-31(17-24(36)37)12-13-32(11-9-30)18-25(38)39)28-14-19-3-5-20(6-4-19)26(40)29-15-23(35)33-7-1-2-21(33)27(41)42/h3-6,21,41-42H,1-2,7-18H2,(H,28,34)(H,29,40)(H,36,37)(H,38,39)/t21-/m0/s1. The molecule has 0 radical (unpaired) electrons. The molecule has 0 bridgehead atoms. The molecule has 0 saturated carbocycles. The summed E-state index contributed by atoms with van der Waals surface area (Å²) in [5.74, 6) is -3.72. The quantitative estimate of drug-likeness (QED) is 0.136. The van der Waals surface area contributed by atoms with Gasteiger partial charge in [0.2, 0.25) is 11.8 Å². The fourth-order valence-electron chi connectivity index (χ4n) is 5.05. The lowest BCUT2D eigenvalue weighted by Crippen LogP contribution is -2.48. The van der Waals surface area contributed by atoms with E-state index in [0.717, 1.165) is 5.56 Å². The van der Waals surface area contributed by atoms with Gasteiger partial charge >= 0.3 is 19.1 Å². The molecule has 2 fully saturated rings. The SMILES string of the molecule is O=C(O)CN1CCN(CC(=O)O)CCN(CC(=O)NCc2ccc(C(=O)NCC(=O)N3CCC[C@H]3B(O)O)cc2)CC1. The summed E-state index contributed by atoms with van der Waals surface area (Å²) in [6.45, 7) is 2.66. The van der Waals surface area contributed by atoms with Crippen LogP contribution in [-0.2, 0) is 25.7 Å². The highest BCUT2D eigenvalue weighted by atomic mass is 16.4. The number of nitrogens with one attached hydrogen (secondary N) is 2. The van der Waals surface area contributed by atoms with E-state index < -0.39 is 36.8 Å². The number of likely N-dealkylation sites (tertiary alicyclic amines) is 1. The first-order chi connectivity index (χ1) is 20.0. The lowest BCUT2D eigenvalue weighted by molar-refractivity contribution is -0.140. The van der Waals surface area contributed by atoms with Crippen LogP contribution in [0, 0.1) is 0 Å². The van der Waals surface area contributed by atoms with E-state index >= 15 is 0 Å². The van der Waals surface area contributed by atoms with Crippen molar-refractivity contribution in [2.24, 2.45) is 0 Å². The van der Waals surface area contributed by atoms with E-state index in [1.165, 1.54) is 4.90 Å². The Bertz CT molecular complexity index is 1080. The molecule has 1 atom stereocenters. The van der Waals surface area contributed by atoms with Crippen LogP contribution in [0.5, 0.6) is 0 Å². The van der Waals surface area contributed by atoms with Crippen LogP contribution < -0.4 is 10.6 Å². The molecule has 0 aromatic heterocycles. The van der Waals surface area contributed by atoms with Crippen LogP contribution in [0.25, 0.3) is 0 Å². The second-order valence-electron chi connectivity index (χ2n) is 10.5. The predicted octanol–water partition coefficient (Wildman–Crippen LogP) is -2.88. The predicted molar refractivity (Wildman–Crippen MR) is 150 cm³/mol. The van der Waals surface area contributed by atoms with Crippen molar-refractivity contribution >= 4 is 36.8 Å². The van der Waals surface area contributed by atoms with Gasteiger partial charge in [0.05, 0.1) is 32.1 Å². The molecule has 16 heteroatoms. The van der Waals surface area contributed by atoms with Gasteiger partial charge < -0.3 is 35.8 Å². The summed E-state index contributed by atoms with van der Waals surface area (Å²) in [6, 6.07) is 6.52. The van der Waals surface area contributed by atoms with Gasteiger partial charge in [-0.05, 0) is 30.5 Å². The molecule has 0 aliphatic carbocycles. The number of amides is 3. The minimum absolute atomic E-state index is 0.0571. The van der Waals surface area contributed by atoms with Crippen molar-refractivity contribution in [3.63, 3.8) is 0 Å². The van der Waals surface area contributed by atoms with E-state index in [0.29, 0.717) is 64.2 Å². The number of nitrogens with zero attached hydrogens (tertiary/aromatic N) is 4. The Kier molecular flexibility index (Phi) is 12.7. The van der Waals surface area contributed by atoms with E-state index in [1.807, 2.05) is 4.90 Å². The maximum Gasteiger partial charge on any atom is 0.475 e. The van der Waals surface area contributed by atoms with E-state index in [4.69, 9.17) is 0 Å². The molecular formula is C26H39BN6O9. The molecule has 15 nitrogen and oxygen atoms in total. The maximum absolute atomic E-state index is 12.7. The van der Waals surface area contributed by atoms with Gasteiger partial charge in [0.25, 0.3) is 5.91 Å². The lowest BCUT2D eigenvalue weighted by Gasteiger charge is -2.24. The Balaban J connectivity index is 1.46. The normalized spacial score (nSPS) is 18.9. The summed E-state index contributed by atoms with van der Waals surface area (Å²) in [7, 11) is -1.62. The fourth-order valence-corrected chi connectivity index (χ4v) is 5.05. The first-order valence-electron chi connectivity index (χ1n) is 13.9. The number of carbonyl (C=O) groups is 5. The van der Waals surface area contributed by atoms with Crippen molar-refractivity contribution in [1.29, 1.82) is 0 Å². The van der Waals surface area contributed by atoms with E-state index in [2.05, 4.69) is 10.6 Å². The molecule has 3 amide bonds. The highest BCUT2D eigenvalue weighted by Crippen LogP contribution is 2.17. The van der Waals surface area contributed by atoms with Crippen LogP contribution >= 0.6 is 0 Å². The minimum atomic E-state index is -1.62. The van der Waals surface area contributed by atoms with Gasteiger partial charge in [0, 0.05) is 57.9 Å². The molecule has 2 heterocycles. The van der Waals surface area contributed by atoms with Crippen LogP contribution in [0.2, 0.25) is 0 Å². The fraction of sp³-hybridized carbons (Fsp3) is 0.577. The van der Waals surface area contributed by atoms with Crippen molar-refractivity contribution in [1.82, 2.24) is 30.2 Å². The zero-order valence-electron chi connectivity index (χ0n) is 23.5. The molecular weight excluding hydrogens is 551 g/mol. The second kappa shape index (κ2) is 16.2. The van der Waals surface area contributed by atoms with Crippen LogP contribution in [0.15, 0.2) is 24.3 Å². The van der Waals surface area contributed by atoms with Crippen LogP contribution in [0.3, 0.4) is 0 Å². The van der Waals surface area contributed by atoms with Gasteiger partial charge in [-0.2, -0.15) is 0 Å². The number of carboxylic acids is 2. The average Bonchev–Trinajstić information content (AvgIpc) is 3.46. The average molecular weight is 590 g/mol. The van der Waals surface area contributed by atoms with Crippen molar-refractivity contribution in [2.45, 2.75) is 25.3 Å². The minimum Gasteiger partial charge on any atom is -0.480 e. The topological polar surface area (TPSA) is 203 Å². The Labute approximate surface area is 244 Å². The van der Waals surface area contributed by atoms with Crippen molar-refractivity contribution in [3.05, 3.63) is 35.4 Å². The number of hydrogen-bond acceptors (Lipinski definition) is 10. The summed E-state index contributed by atoms with van der Waals surface area (Å²) in [6.07, 6.45) is 1.15. The largest absolute Gasteiger partial charge is 0.480 e. The smallest absolute Gasteiger partial charge is 0.475 e. The second-order valence-corrected chi connectivity index (χ2v) is 10.5. The zero-order chi connectivity index (χ0) is 30.6. The van der Waals surface area contributed by atoms with Gasteiger partial charge in [0.15, 0.2) is 0 Å². The zero-order valence-corrected chi connectivity index (χ0v) is 23.5. The molecule has 3 rings (SSSR count). The molecule has 230 valence electrons. The third-order valence-electron chi connectivity index (χ3n) is 7.35. The number of benzene rings is 1. The monoisotopic (exact) mass is 590 g/mol. The van der Waals surface area contributed by atoms with Crippen LogP contribution in [0.1, 0.15) is 28.8 Å². The van der Waals surface area contributed by atoms with Gasteiger partial charge in [-0.15, -0.1) is 0 Å². The van der Waals surface area contributed by atoms with E-state index in [1.54, 1.807) is 34.1 Å².